The Morgan fingerprint density at radius 2 is 2.33 bits per heavy atom. The van der Waals surface area contributed by atoms with Crippen molar-refractivity contribution in [2.24, 2.45) is 5.92 Å². The lowest BCUT2D eigenvalue weighted by Crippen LogP contribution is -2.29. The van der Waals surface area contributed by atoms with Crippen LogP contribution in [0.3, 0.4) is 0 Å². The summed E-state index contributed by atoms with van der Waals surface area (Å²) in [5.74, 6) is -0.614. The predicted octanol–water partition coefficient (Wildman–Crippen LogP) is 0.235. The van der Waals surface area contributed by atoms with Crippen LogP contribution in [0.15, 0.2) is 6.20 Å². The van der Waals surface area contributed by atoms with Gasteiger partial charge in [-0.1, -0.05) is 18.6 Å². The van der Waals surface area contributed by atoms with Crippen molar-refractivity contribution in [3.8, 4) is 0 Å². The third-order valence-corrected chi connectivity index (χ3v) is 3.21. The van der Waals surface area contributed by atoms with Crippen LogP contribution in [0.1, 0.15) is 30.3 Å². The minimum absolute atomic E-state index is 0.164. The molecule has 18 heavy (non-hydrogen) atoms. The van der Waals surface area contributed by atoms with Crippen LogP contribution in [0.4, 0.5) is 0 Å². The van der Waals surface area contributed by atoms with Crippen LogP contribution in [-0.2, 0) is 11.3 Å². The molecule has 1 saturated heterocycles. The summed E-state index contributed by atoms with van der Waals surface area (Å²) >= 11 is 0. The highest BCUT2D eigenvalue weighted by molar-refractivity contribution is 5.92. The Morgan fingerprint density at radius 3 is 2.94 bits per heavy atom. The first-order valence-corrected chi connectivity index (χ1v) is 6.01. The van der Waals surface area contributed by atoms with E-state index in [0.717, 1.165) is 30.6 Å². The van der Waals surface area contributed by atoms with Crippen LogP contribution in [0.2, 0.25) is 0 Å². The van der Waals surface area contributed by atoms with Crippen molar-refractivity contribution in [3.63, 3.8) is 0 Å². The van der Waals surface area contributed by atoms with Gasteiger partial charge in [0.25, 0.3) is 5.91 Å². The molecule has 2 rings (SSSR count). The maximum Gasteiger partial charge on any atom is 0.325 e. The summed E-state index contributed by atoms with van der Waals surface area (Å²) in [5.41, 5.74) is 0.216. The third kappa shape index (κ3) is 2.66. The monoisotopic (exact) mass is 252 g/mol. The molecule has 7 heteroatoms. The molecule has 1 fully saturated rings. The summed E-state index contributed by atoms with van der Waals surface area (Å²) in [7, 11) is 0. The van der Waals surface area contributed by atoms with Crippen LogP contribution < -0.4 is 0 Å². The van der Waals surface area contributed by atoms with E-state index in [-0.39, 0.29) is 18.1 Å². The normalized spacial score (nSPS) is 19.2. The van der Waals surface area contributed by atoms with E-state index < -0.39 is 5.97 Å². The Bertz CT molecular complexity index is 457. The summed E-state index contributed by atoms with van der Waals surface area (Å²) in [5, 5.41) is 16.0. The molecular weight excluding hydrogens is 236 g/mol. The van der Waals surface area contributed by atoms with Gasteiger partial charge in [-0.25, -0.2) is 4.68 Å². The van der Waals surface area contributed by atoms with Crippen LogP contribution in [0, 0.1) is 5.92 Å². The lowest BCUT2D eigenvalue weighted by atomic mass is 10.1. The topological polar surface area (TPSA) is 88.3 Å². The number of hydrogen-bond acceptors (Lipinski definition) is 4. The summed E-state index contributed by atoms with van der Waals surface area (Å²) in [6.07, 6.45) is 3.47. The van der Waals surface area contributed by atoms with Crippen LogP contribution in [0.5, 0.6) is 0 Å². The Hall–Kier alpha value is -1.92. The van der Waals surface area contributed by atoms with E-state index in [9.17, 15) is 9.59 Å². The molecule has 1 amide bonds. The first-order chi connectivity index (χ1) is 8.60. The molecule has 98 valence electrons. The van der Waals surface area contributed by atoms with Gasteiger partial charge in [0.1, 0.15) is 6.54 Å². The molecule has 1 N–H and O–H groups in total. The summed E-state index contributed by atoms with van der Waals surface area (Å²) in [6, 6.07) is 0. The van der Waals surface area contributed by atoms with Gasteiger partial charge in [-0.15, -0.1) is 5.10 Å². The molecule has 1 aromatic heterocycles. The second kappa shape index (κ2) is 5.16. The van der Waals surface area contributed by atoms with Gasteiger partial charge in [0.2, 0.25) is 0 Å². The number of carboxylic acids is 1. The fourth-order valence-corrected chi connectivity index (χ4v) is 2.12. The molecule has 0 radical (unpaired) electrons. The van der Waals surface area contributed by atoms with E-state index in [1.807, 2.05) is 0 Å². The van der Waals surface area contributed by atoms with Crippen molar-refractivity contribution in [2.75, 3.05) is 13.1 Å². The van der Waals surface area contributed by atoms with Gasteiger partial charge in [-0.05, 0) is 12.3 Å². The molecule has 1 unspecified atom stereocenters. The van der Waals surface area contributed by atoms with Gasteiger partial charge in [0.05, 0.1) is 6.20 Å². The van der Waals surface area contributed by atoms with E-state index in [1.54, 1.807) is 4.90 Å². The molecule has 0 bridgehead atoms. The second-order valence-electron chi connectivity index (χ2n) is 4.51. The maximum atomic E-state index is 12.1. The number of aliphatic carboxylic acids is 1. The van der Waals surface area contributed by atoms with Gasteiger partial charge >= 0.3 is 5.97 Å². The van der Waals surface area contributed by atoms with E-state index in [1.165, 1.54) is 6.20 Å². The Kier molecular flexibility index (Phi) is 3.59. The summed E-state index contributed by atoms with van der Waals surface area (Å²) in [6.45, 7) is 3.32. The SMILES string of the molecule is CCC1CCN(C(=O)c2cn(CC(=O)O)nn2)C1. The zero-order valence-corrected chi connectivity index (χ0v) is 10.2. The average molecular weight is 252 g/mol. The lowest BCUT2D eigenvalue weighted by molar-refractivity contribution is -0.137. The molecule has 7 nitrogen and oxygen atoms in total. The summed E-state index contributed by atoms with van der Waals surface area (Å²) < 4.78 is 1.16. The molecular formula is C11H16N4O3. The van der Waals surface area contributed by atoms with Gasteiger partial charge in [0.15, 0.2) is 5.69 Å². The zero-order valence-electron chi connectivity index (χ0n) is 10.2. The number of rotatable bonds is 4. The van der Waals surface area contributed by atoms with E-state index in [2.05, 4.69) is 17.2 Å². The fraction of sp³-hybridized carbons (Fsp3) is 0.636. The van der Waals surface area contributed by atoms with Crippen LogP contribution >= 0.6 is 0 Å². The fourth-order valence-electron chi connectivity index (χ4n) is 2.12. The highest BCUT2D eigenvalue weighted by atomic mass is 16.4. The molecule has 1 aliphatic rings. The number of amides is 1. The van der Waals surface area contributed by atoms with E-state index >= 15 is 0 Å². The molecule has 1 aliphatic heterocycles. The molecule has 0 spiro atoms. The van der Waals surface area contributed by atoms with Crippen molar-refractivity contribution >= 4 is 11.9 Å². The Labute approximate surface area is 104 Å². The van der Waals surface area contributed by atoms with E-state index in [4.69, 9.17) is 5.11 Å². The maximum absolute atomic E-state index is 12.1. The van der Waals surface area contributed by atoms with Crippen LogP contribution in [0.25, 0.3) is 0 Å². The Balaban J connectivity index is 2.01. The van der Waals surface area contributed by atoms with Gasteiger partial charge in [-0.3, -0.25) is 9.59 Å². The predicted molar refractivity (Wildman–Crippen MR) is 62.0 cm³/mol. The van der Waals surface area contributed by atoms with Crippen molar-refractivity contribution in [1.29, 1.82) is 0 Å². The third-order valence-electron chi connectivity index (χ3n) is 3.21. The number of carboxylic acid groups (broad SMARTS) is 1. The van der Waals surface area contributed by atoms with Gasteiger partial charge < -0.3 is 10.0 Å². The smallest absolute Gasteiger partial charge is 0.325 e. The number of hydrogen-bond donors (Lipinski definition) is 1. The van der Waals surface area contributed by atoms with Crippen molar-refractivity contribution in [1.82, 2.24) is 19.9 Å². The number of carbonyl (C=O) groups excluding carboxylic acids is 1. The Morgan fingerprint density at radius 1 is 1.56 bits per heavy atom. The second-order valence-corrected chi connectivity index (χ2v) is 4.51. The van der Waals surface area contributed by atoms with Crippen molar-refractivity contribution < 1.29 is 14.7 Å². The molecule has 0 aromatic carbocycles. The van der Waals surface area contributed by atoms with Crippen LogP contribution in [-0.4, -0.2) is 50.0 Å². The zero-order chi connectivity index (χ0) is 13.1. The van der Waals surface area contributed by atoms with Gasteiger partial charge in [-0.2, -0.15) is 0 Å². The minimum atomic E-state index is -1.01. The molecule has 2 heterocycles. The highest BCUT2D eigenvalue weighted by Gasteiger charge is 2.27. The number of nitrogens with zero attached hydrogens (tertiary/aromatic N) is 4. The largest absolute Gasteiger partial charge is 0.480 e. The highest BCUT2D eigenvalue weighted by Crippen LogP contribution is 2.20. The van der Waals surface area contributed by atoms with Crippen molar-refractivity contribution in [2.45, 2.75) is 26.3 Å². The molecule has 1 atom stereocenters. The first-order valence-electron chi connectivity index (χ1n) is 6.01. The van der Waals surface area contributed by atoms with Crippen molar-refractivity contribution in [3.05, 3.63) is 11.9 Å². The number of carbonyl (C=O) groups is 2. The quantitative estimate of drug-likeness (QED) is 0.829. The number of aromatic nitrogens is 3. The average Bonchev–Trinajstić information content (AvgIpc) is 2.95. The van der Waals surface area contributed by atoms with E-state index in [0.29, 0.717) is 5.92 Å². The summed E-state index contributed by atoms with van der Waals surface area (Å²) in [4.78, 5) is 24.3. The minimum Gasteiger partial charge on any atom is -0.480 e. The lowest BCUT2D eigenvalue weighted by Gasteiger charge is -2.13. The van der Waals surface area contributed by atoms with Gasteiger partial charge in [0, 0.05) is 13.1 Å². The standard InChI is InChI=1S/C11H16N4O3/c1-2-8-3-4-14(5-8)11(18)9-6-15(13-12-9)7-10(16)17/h6,8H,2-5,7H2,1H3,(H,16,17). The molecule has 0 aliphatic carbocycles. The number of likely N-dealkylation sites (tertiary alicyclic amines) is 1. The molecule has 1 aromatic rings. The first kappa shape index (κ1) is 12.5. The molecule has 0 saturated carbocycles.